The zero-order valence-corrected chi connectivity index (χ0v) is 10.2. The summed E-state index contributed by atoms with van der Waals surface area (Å²) in [5.74, 6) is -1.30. The number of carbonyl (C=O) groups is 1. The van der Waals surface area contributed by atoms with Crippen molar-refractivity contribution in [1.29, 1.82) is 0 Å². The summed E-state index contributed by atoms with van der Waals surface area (Å²) < 4.78 is 18.2. The number of carbonyl (C=O) groups excluding carboxylic acids is 1. The molecule has 0 bridgehead atoms. The number of halogens is 1. The molecule has 0 saturated carbocycles. The van der Waals surface area contributed by atoms with Crippen LogP contribution < -0.4 is 4.74 Å². The average molecular weight is 256 g/mol. The first-order valence-corrected chi connectivity index (χ1v) is 5.14. The largest absolute Gasteiger partial charge is 0.474 e. The number of nitro groups is 1. The molecule has 7 heteroatoms. The van der Waals surface area contributed by atoms with Crippen LogP contribution in [0.2, 0.25) is 0 Å². The molecule has 0 N–H and O–H groups in total. The summed E-state index contributed by atoms with van der Waals surface area (Å²) in [6, 6.07) is 2.85. The molecule has 1 rings (SSSR count). The molecule has 0 aliphatic rings. The first kappa shape index (κ1) is 13.9. The van der Waals surface area contributed by atoms with Crippen molar-refractivity contribution in [3.05, 3.63) is 34.1 Å². The molecule has 0 aliphatic heterocycles. The van der Waals surface area contributed by atoms with Gasteiger partial charge in [0.1, 0.15) is 5.82 Å². The Kier molecular flexibility index (Phi) is 4.19. The van der Waals surface area contributed by atoms with Crippen molar-refractivity contribution in [1.82, 2.24) is 4.90 Å². The Balaban J connectivity index is 2.99. The fourth-order valence-electron chi connectivity index (χ4n) is 1.34. The second-order valence-corrected chi connectivity index (χ2v) is 3.86. The molecule has 18 heavy (non-hydrogen) atoms. The number of nitro benzene ring substituents is 1. The Bertz CT molecular complexity index is 476. The Labute approximate surface area is 103 Å². The van der Waals surface area contributed by atoms with Crippen LogP contribution in [0.15, 0.2) is 18.2 Å². The molecule has 6 nitrogen and oxygen atoms in total. The van der Waals surface area contributed by atoms with E-state index in [0.29, 0.717) is 0 Å². The maximum Gasteiger partial charge on any atom is 0.311 e. The third-order valence-corrected chi connectivity index (χ3v) is 2.21. The highest BCUT2D eigenvalue weighted by atomic mass is 19.1. The number of benzene rings is 1. The molecule has 98 valence electrons. The van der Waals surface area contributed by atoms with Crippen molar-refractivity contribution in [2.24, 2.45) is 0 Å². The van der Waals surface area contributed by atoms with Crippen LogP contribution in [-0.2, 0) is 4.79 Å². The smallest absolute Gasteiger partial charge is 0.311 e. The predicted octanol–water partition coefficient (Wildman–Crippen LogP) is 1.59. The predicted molar refractivity (Wildman–Crippen MR) is 61.8 cm³/mol. The highest BCUT2D eigenvalue weighted by Crippen LogP contribution is 2.28. The van der Waals surface area contributed by atoms with E-state index in [9.17, 15) is 19.3 Å². The van der Waals surface area contributed by atoms with E-state index >= 15 is 0 Å². The quantitative estimate of drug-likeness (QED) is 0.605. The van der Waals surface area contributed by atoms with E-state index in [4.69, 9.17) is 4.74 Å². The van der Waals surface area contributed by atoms with Crippen LogP contribution in [0.4, 0.5) is 10.1 Å². The van der Waals surface area contributed by atoms with Gasteiger partial charge >= 0.3 is 5.69 Å². The lowest BCUT2D eigenvalue weighted by atomic mass is 10.2. The van der Waals surface area contributed by atoms with Gasteiger partial charge in [0.2, 0.25) is 5.75 Å². The van der Waals surface area contributed by atoms with E-state index in [1.807, 2.05) is 0 Å². The van der Waals surface area contributed by atoms with Gasteiger partial charge in [-0.15, -0.1) is 0 Å². The standard InChI is InChI=1S/C11H13FN2O4/c1-7(11(15)13(2)3)18-10-6-8(12)4-5-9(10)14(16)17/h4-7H,1-3H3. The van der Waals surface area contributed by atoms with Crippen LogP contribution in [0, 0.1) is 15.9 Å². The molecule has 0 heterocycles. The van der Waals surface area contributed by atoms with E-state index in [1.165, 1.54) is 25.9 Å². The number of ether oxygens (including phenoxy) is 1. The Morgan fingerprint density at radius 3 is 2.61 bits per heavy atom. The first-order chi connectivity index (χ1) is 8.32. The normalized spacial score (nSPS) is 11.8. The maximum absolute atomic E-state index is 13.0. The maximum atomic E-state index is 13.0. The molecule has 0 radical (unpaired) electrons. The van der Waals surface area contributed by atoms with Gasteiger partial charge in [0, 0.05) is 26.2 Å². The average Bonchev–Trinajstić information content (AvgIpc) is 2.27. The first-order valence-electron chi connectivity index (χ1n) is 5.14. The monoisotopic (exact) mass is 256 g/mol. The van der Waals surface area contributed by atoms with Gasteiger partial charge in [0.15, 0.2) is 6.10 Å². The lowest BCUT2D eigenvalue weighted by Crippen LogP contribution is -2.35. The number of likely N-dealkylation sites (N-methyl/N-ethyl adjacent to an activating group) is 1. The zero-order chi connectivity index (χ0) is 13.9. The Morgan fingerprint density at radius 1 is 1.50 bits per heavy atom. The summed E-state index contributed by atoms with van der Waals surface area (Å²) in [6.07, 6.45) is -0.930. The molecule has 0 saturated heterocycles. The van der Waals surface area contributed by atoms with Gasteiger partial charge in [-0.3, -0.25) is 14.9 Å². The molecular weight excluding hydrogens is 243 g/mol. The lowest BCUT2D eigenvalue weighted by Gasteiger charge is -2.18. The van der Waals surface area contributed by atoms with Crippen molar-refractivity contribution < 1.29 is 18.8 Å². The van der Waals surface area contributed by atoms with Crippen molar-refractivity contribution in [3.63, 3.8) is 0 Å². The van der Waals surface area contributed by atoms with Crippen LogP contribution >= 0.6 is 0 Å². The molecule has 0 fully saturated rings. The van der Waals surface area contributed by atoms with E-state index in [-0.39, 0.29) is 17.3 Å². The van der Waals surface area contributed by atoms with Crippen molar-refractivity contribution in [3.8, 4) is 5.75 Å². The van der Waals surface area contributed by atoms with Gasteiger partial charge < -0.3 is 9.64 Å². The molecule has 0 spiro atoms. The number of nitrogens with zero attached hydrogens (tertiary/aromatic N) is 2. The summed E-state index contributed by atoms with van der Waals surface area (Å²) >= 11 is 0. The van der Waals surface area contributed by atoms with Crippen LogP contribution in [-0.4, -0.2) is 35.9 Å². The van der Waals surface area contributed by atoms with Gasteiger partial charge in [-0.2, -0.15) is 0 Å². The minimum atomic E-state index is -0.930. The lowest BCUT2D eigenvalue weighted by molar-refractivity contribution is -0.386. The number of amides is 1. The van der Waals surface area contributed by atoms with Crippen molar-refractivity contribution in [2.75, 3.05) is 14.1 Å². The fraction of sp³-hybridized carbons (Fsp3) is 0.364. The molecule has 1 amide bonds. The number of rotatable bonds is 4. The molecule has 0 aliphatic carbocycles. The molecule has 1 unspecified atom stereocenters. The van der Waals surface area contributed by atoms with E-state index in [1.54, 1.807) is 0 Å². The van der Waals surface area contributed by atoms with E-state index in [2.05, 4.69) is 0 Å². The molecular formula is C11H13FN2O4. The van der Waals surface area contributed by atoms with Gasteiger partial charge in [0.25, 0.3) is 5.91 Å². The number of hydrogen-bond donors (Lipinski definition) is 0. The van der Waals surface area contributed by atoms with Crippen LogP contribution in [0.3, 0.4) is 0 Å². The molecule has 1 atom stereocenters. The molecule has 1 aromatic carbocycles. The third-order valence-electron chi connectivity index (χ3n) is 2.21. The van der Waals surface area contributed by atoms with Crippen LogP contribution in [0.5, 0.6) is 5.75 Å². The highest BCUT2D eigenvalue weighted by Gasteiger charge is 2.22. The third kappa shape index (κ3) is 3.16. The summed E-state index contributed by atoms with van der Waals surface area (Å²) in [4.78, 5) is 22.9. The number of hydrogen-bond acceptors (Lipinski definition) is 4. The minimum Gasteiger partial charge on any atom is -0.474 e. The fourth-order valence-corrected chi connectivity index (χ4v) is 1.34. The molecule has 0 aromatic heterocycles. The minimum absolute atomic E-state index is 0.261. The van der Waals surface area contributed by atoms with Gasteiger partial charge in [-0.05, 0) is 13.0 Å². The zero-order valence-electron chi connectivity index (χ0n) is 10.2. The van der Waals surface area contributed by atoms with Crippen LogP contribution in [0.1, 0.15) is 6.92 Å². The summed E-state index contributed by atoms with van der Waals surface area (Å²) in [5, 5.41) is 10.7. The van der Waals surface area contributed by atoms with Crippen molar-refractivity contribution >= 4 is 11.6 Å². The van der Waals surface area contributed by atoms with Crippen LogP contribution in [0.25, 0.3) is 0 Å². The summed E-state index contributed by atoms with van der Waals surface area (Å²) in [6.45, 7) is 1.44. The van der Waals surface area contributed by atoms with E-state index < -0.39 is 16.8 Å². The summed E-state index contributed by atoms with van der Waals surface area (Å²) in [7, 11) is 3.06. The van der Waals surface area contributed by atoms with E-state index in [0.717, 1.165) is 18.2 Å². The second-order valence-electron chi connectivity index (χ2n) is 3.86. The molecule has 1 aromatic rings. The topological polar surface area (TPSA) is 72.7 Å². The Morgan fingerprint density at radius 2 is 2.11 bits per heavy atom. The SMILES string of the molecule is CC(Oc1cc(F)ccc1[N+](=O)[O-])C(=O)N(C)C. The van der Waals surface area contributed by atoms with Crippen molar-refractivity contribution in [2.45, 2.75) is 13.0 Å². The Hall–Kier alpha value is -2.18. The summed E-state index contributed by atoms with van der Waals surface area (Å²) in [5.41, 5.74) is -0.380. The highest BCUT2D eigenvalue weighted by molar-refractivity contribution is 5.80. The second kappa shape index (κ2) is 5.44. The van der Waals surface area contributed by atoms with Gasteiger partial charge in [-0.25, -0.2) is 4.39 Å². The van der Waals surface area contributed by atoms with Gasteiger partial charge in [0.05, 0.1) is 4.92 Å². The van der Waals surface area contributed by atoms with Gasteiger partial charge in [-0.1, -0.05) is 0 Å².